The number of aromatic nitrogens is 4. The summed E-state index contributed by atoms with van der Waals surface area (Å²) in [6, 6.07) is 16.3. The van der Waals surface area contributed by atoms with Gasteiger partial charge in [0.25, 0.3) is 17.2 Å². The SMILES string of the molecule is COc1ccc(C(=O)Nc2nc3nc(CNCc4ccc(C)cc4)cc(=O)n3[nH]2)cc1. The molecule has 1 amide bonds. The van der Waals surface area contributed by atoms with Crippen LogP contribution in [0.15, 0.2) is 59.4 Å². The van der Waals surface area contributed by atoms with E-state index in [0.717, 1.165) is 5.56 Å². The molecular weight excluding hydrogens is 396 g/mol. The van der Waals surface area contributed by atoms with Gasteiger partial charge >= 0.3 is 0 Å². The van der Waals surface area contributed by atoms with Crippen molar-refractivity contribution < 1.29 is 9.53 Å². The van der Waals surface area contributed by atoms with E-state index in [9.17, 15) is 9.59 Å². The lowest BCUT2D eigenvalue weighted by Gasteiger charge is -2.05. The molecule has 0 radical (unpaired) electrons. The summed E-state index contributed by atoms with van der Waals surface area (Å²) < 4.78 is 6.28. The first-order chi connectivity index (χ1) is 15.0. The second-order valence-corrected chi connectivity index (χ2v) is 7.07. The molecule has 0 atom stereocenters. The highest BCUT2D eigenvalue weighted by Crippen LogP contribution is 2.12. The molecule has 2 heterocycles. The van der Waals surface area contributed by atoms with E-state index in [1.54, 1.807) is 31.4 Å². The van der Waals surface area contributed by atoms with Crippen LogP contribution < -0.4 is 20.9 Å². The van der Waals surface area contributed by atoms with Crippen LogP contribution in [0, 0.1) is 6.92 Å². The lowest BCUT2D eigenvalue weighted by Crippen LogP contribution is -2.20. The highest BCUT2D eigenvalue weighted by Gasteiger charge is 2.12. The molecule has 31 heavy (non-hydrogen) atoms. The van der Waals surface area contributed by atoms with Gasteiger partial charge < -0.3 is 10.1 Å². The maximum Gasteiger partial charge on any atom is 0.274 e. The summed E-state index contributed by atoms with van der Waals surface area (Å²) in [4.78, 5) is 33.4. The van der Waals surface area contributed by atoms with Gasteiger partial charge in [-0.1, -0.05) is 29.8 Å². The van der Waals surface area contributed by atoms with Crippen LogP contribution in [0.1, 0.15) is 27.2 Å². The van der Waals surface area contributed by atoms with Crippen LogP contribution >= 0.6 is 0 Å². The first kappa shape index (κ1) is 20.3. The van der Waals surface area contributed by atoms with Gasteiger partial charge in [0.2, 0.25) is 5.95 Å². The molecule has 4 rings (SSSR count). The number of hydrogen-bond acceptors (Lipinski definition) is 6. The first-order valence-corrected chi connectivity index (χ1v) is 9.72. The molecule has 0 unspecified atom stereocenters. The van der Waals surface area contributed by atoms with Crippen LogP contribution in [0.3, 0.4) is 0 Å². The third-order valence-corrected chi connectivity index (χ3v) is 4.72. The molecule has 3 N–H and O–H groups in total. The fourth-order valence-electron chi connectivity index (χ4n) is 3.04. The van der Waals surface area contributed by atoms with Crippen LogP contribution in [0.25, 0.3) is 5.78 Å². The Bertz CT molecular complexity index is 1260. The number of hydrogen-bond donors (Lipinski definition) is 3. The van der Waals surface area contributed by atoms with E-state index in [1.165, 1.54) is 16.1 Å². The van der Waals surface area contributed by atoms with Crippen LogP contribution in [-0.2, 0) is 13.1 Å². The minimum absolute atomic E-state index is 0.134. The number of anilines is 1. The summed E-state index contributed by atoms with van der Waals surface area (Å²) in [7, 11) is 1.56. The van der Waals surface area contributed by atoms with Crippen molar-refractivity contribution in [3.63, 3.8) is 0 Å². The molecule has 9 heteroatoms. The quantitative estimate of drug-likeness (QED) is 0.424. The van der Waals surface area contributed by atoms with E-state index >= 15 is 0 Å². The van der Waals surface area contributed by atoms with E-state index in [-0.39, 0.29) is 23.2 Å². The second-order valence-electron chi connectivity index (χ2n) is 7.07. The summed E-state index contributed by atoms with van der Waals surface area (Å²) in [5, 5.41) is 8.66. The molecule has 2 aromatic heterocycles. The average molecular weight is 418 g/mol. The van der Waals surface area contributed by atoms with Crippen LogP contribution in [0.2, 0.25) is 0 Å². The van der Waals surface area contributed by atoms with Gasteiger partial charge in [0.1, 0.15) is 5.75 Å². The van der Waals surface area contributed by atoms with E-state index in [2.05, 4.69) is 50.0 Å². The predicted molar refractivity (Wildman–Crippen MR) is 116 cm³/mol. The Labute approximate surface area is 178 Å². The monoisotopic (exact) mass is 418 g/mol. The maximum atomic E-state index is 12.4. The molecule has 0 spiro atoms. The Morgan fingerprint density at radius 2 is 1.81 bits per heavy atom. The van der Waals surface area contributed by atoms with Crippen molar-refractivity contribution in [1.82, 2.24) is 24.9 Å². The third kappa shape index (κ3) is 4.78. The second kappa shape index (κ2) is 8.80. The number of methoxy groups -OCH3 is 1. The fourth-order valence-corrected chi connectivity index (χ4v) is 3.04. The predicted octanol–water partition coefficient (Wildman–Crippen LogP) is 2.28. The van der Waals surface area contributed by atoms with E-state index in [4.69, 9.17) is 4.74 Å². The summed E-state index contributed by atoms with van der Waals surface area (Å²) >= 11 is 0. The van der Waals surface area contributed by atoms with Gasteiger partial charge in [0.05, 0.1) is 12.8 Å². The lowest BCUT2D eigenvalue weighted by molar-refractivity contribution is 0.102. The van der Waals surface area contributed by atoms with Crippen LogP contribution in [0.5, 0.6) is 5.75 Å². The van der Waals surface area contributed by atoms with Gasteiger partial charge in [-0.25, -0.2) is 4.98 Å². The number of aromatic amines is 1. The van der Waals surface area contributed by atoms with Crippen molar-refractivity contribution >= 4 is 17.6 Å². The highest BCUT2D eigenvalue weighted by molar-refractivity contribution is 6.03. The Morgan fingerprint density at radius 3 is 2.52 bits per heavy atom. The Balaban J connectivity index is 1.44. The molecule has 0 aliphatic rings. The Hall–Kier alpha value is -3.98. The fraction of sp³-hybridized carbons (Fsp3) is 0.182. The zero-order valence-corrected chi connectivity index (χ0v) is 17.2. The largest absolute Gasteiger partial charge is 0.497 e. The standard InChI is InChI=1S/C22H22N6O3/c1-14-3-5-15(6-4-14)12-23-13-17-11-19(29)28-22(24-17)26-21(27-28)25-20(30)16-7-9-18(31-2)10-8-16/h3-11,23H,12-13H2,1-2H3,(H2,24,25,26,27,30). The maximum absolute atomic E-state index is 12.4. The van der Waals surface area contributed by atoms with Gasteiger partial charge in [-0.05, 0) is 36.8 Å². The van der Waals surface area contributed by atoms with Crippen molar-refractivity contribution in [1.29, 1.82) is 0 Å². The Kier molecular flexibility index (Phi) is 5.76. The van der Waals surface area contributed by atoms with Gasteiger partial charge in [0.15, 0.2) is 0 Å². The molecule has 0 aliphatic carbocycles. The van der Waals surface area contributed by atoms with Gasteiger partial charge in [-0.3, -0.25) is 20.0 Å². The van der Waals surface area contributed by atoms with Crippen molar-refractivity contribution in [2.75, 3.05) is 12.4 Å². The number of nitrogens with zero attached hydrogens (tertiary/aromatic N) is 3. The molecule has 9 nitrogen and oxygen atoms in total. The summed E-state index contributed by atoms with van der Waals surface area (Å²) in [6.07, 6.45) is 0. The minimum Gasteiger partial charge on any atom is -0.497 e. The number of benzene rings is 2. The van der Waals surface area contributed by atoms with Crippen LogP contribution in [0.4, 0.5) is 5.95 Å². The number of H-pyrrole nitrogens is 1. The molecule has 0 bridgehead atoms. The average Bonchev–Trinajstić information content (AvgIpc) is 3.18. The topological polar surface area (TPSA) is 113 Å². The van der Waals surface area contributed by atoms with Crippen molar-refractivity contribution in [3.05, 3.63) is 87.3 Å². The summed E-state index contributed by atoms with van der Waals surface area (Å²) in [5.74, 6) is 0.606. The summed E-state index contributed by atoms with van der Waals surface area (Å²) in [6.45, 7) is 3.12. The molecule has 2 aromatic carbocycles. The molecule has 0 saturated heterocycles. The molecular formula is C22H22N6O3. The van der Waals surface area contributed by atoms with Crippen molar-refractivity contribution in [2.45, 2.75) is 20.0 Å². The molecule has 0 fully saturated rings. The number of amides is 1. The molecule has 158 valence electrons. The van der Waals surface area contributed by atoms with Gasteiger partial charge in [-0.2, -0.15) is 9.50 Å². The van der Waals surface area contributed by atoms with Crippen molar-refractivity contribution in [3.8, 4) is 5.75 Å². The lowest BCUT2D eigenvalue weighted by atomic mass is 10.1. The molecule has 0 saturated carbocycles. The van der Waals surface area contributed by atoms with E-state index in [1.807, 2.05) is 6.92 Å². The van der Waals surface area contributed by atoms with Gasteiger partial charge in [0, 0.05) is 24.7 Å². The van der Waals surface area contributed by atoms with E-state index in [0.29, 0.717) is 30.1 Å². The smallest absolute Gasteiger partial charge is 0.274 e. The Morgan fingerprint density at radius 1 is 1.06 bits per heavy atom. The summed E-state index contributed by atoms with van der Waals surface area (Å²) in [5.41, 5.74) is 3.04. The number of aryl methyl sites for hydroxylation is 1. The number of carbonyl (C=O) groups is 1. The number of carbonyl (C=O) groups excluding carboxylic acids is 1. The van der Waals surface area contributed by atoms with Gasteiger partial charge in [-0.15, -0.1) is 0 Å². The number of ether oxygens (including phenoxy) is 1. The molecule has 4 aromatic rings. The minimum atomic E-state index is -0.366. The first-order valence-electron chi connectivity index (χ1n) is 9.72. The number of nitrogens with one attached hydrogen (secondary N) is 3. The van der Waals surface area contributed by atoms with Crippen molar-refractivity contribution in [2.24, 2.45) is 0 Å². The normalized spacial score (nSPS) is 10.9. The third-order valence-electron chi connectivity index (χ3n) is 4.72. The molecule has 0 aliphatic heterocycles. The number of fused-ring (bicyclic) bond motifs is 1. The number of rotatable bonds is 7. The highest BCUT2D eigenvalue weighted by atomic mass is 16.5. The van der Waals surface area contributed by atoms with Crippen LogP contribution in [-0.4, -0.2) is 32.6 Å². The van der Waals surface area contributed by atoms with E-state index < -0.39 is 0 Å². The zero-order valence-electron chi connectivity index (χ0n) is 17.2. The zero-order chi connectivity index (χ0) is 21.8.